The SMILES string of the molecule is CCCn1ccnc1C(O)C(OCC)C1CC1. The molecule has 96 valence electrons. The highest BCUT2D eigenvalue weighted by Crippen LogP contribution is 2.39. The first-order chi connectivity index (χ1) is 8.27. The zero-order valence-electron chi connectivity index (χ0n) is 10.7. The summed E-state index contributed by atoms with van der Waals surface area (Å²) in [4.78, 5) is 4.28. The van der Waals surface area contributed by atoms with Crippen LogP contribution in [0.4, 0.5) is 0 Å². The summed E-state index contributed by atoms with van der Waals surface area (Å²) in [7, 11) is 0. The second-order valence-corrected chi connectivity index (χ2v) is 4.68. The molecular formula is C13H22N2O2. The number of aryl methyl sites for hydroxylation is 1. The Morgan fingerprint density at radius 2 is 2.29 bits per heavy atom. The number of hydrogen-bond donors (Lipinski definition) is 1. The van der Waals surface area contributed by atoms with E-state index in [2.05, 4.69) is 11.9 Å². The third-order valence-electron chi connectivity index (χ3n) is 3.23. The maximum atomic E-state index is 10.4. The standard InChI is InChI=1S/C13H22N2O2/c1-3-8-15-9-7-14-13(15)11(16)12(17-4-2)10-5-6-10/h7,9-12,16H,3-6,8H2,1-2H3. The minimum absolute atomic E-state index is 0.0852. The van der Waals surface area contributed by atoms with E-state index in [-0.39, 0.29) is 6.10 Å². The van der Waals surface area contributed by atoms with Crippen molar-refractivity contribution < 1.29 is 9.84 Å². The van der Waals surface area contributed by atoms with Crippen molar-refractivity contribution in [3.05, 3.63) is 18.2 Å². The molecule has 1 N–H and O–H groups in total. The fraction of sp³-hybridized carbons (Fsp3) is 0.769. The summed E-state index contributed by atoms with van der Waals surface area (Å²) in [5.41, 5.74) is 0. The zero-order valence-corrected chi connectivity index (χ0v) is 10.7. The zero-order chi connectivity index (χ0) is 12.3. The molecule has 1 aliphatic carbocycles. The summed E-state index contributed by atoms with van der Waals surface area (Å²) in [6.45, 7) is 5.64. The van der Waals surface area contributed by atoms with Crippen molar-refractivity contribution in [3.8, 4) is 0 Å². The number of aliphatic hydroxyl groups excluding tert-OH is 1. The molecule has 4 nitrogen and oxygen atoms in total. The van der Waals surface area contributed by atoms with Crippen molar-refractivity contribution in [1.82, 2.24) is 9.55 Å². The van der Waals surface area contributed by atoms with Gasteiger partial charge in [0.1, 0.15) is 11.9 Å². The van der Waals surface area contributed by atoms with Gasteiger partial charge in [-0.15, -0.1) is 0 Å². The summed E-state index contributed by atoms with van der Waals surface area (Å²) in [5.74, 6) is 1.26. The number of imidazole rings is 1. The third kappa shape index (κ3) is 2.87. The molecule has 1 aromatic heterocycles. The van der Waals surface area contributed by atoms with E-state index in [9.17, 15) is 5.11 Å². The number of aliphatic hydroxyl groups is 1. The fourth-order valence-corrected chi connectivity index (χ4v) is 2.27. The van der Waals surface area contributed by atoms with Crippen LogP contribution in [0.1, 0.15) is 45.0 Å². The molecule has 0 amide bonds. The molecule has 0 bridgehead atoms. The lowest BCUT2D eigenvalue weighted by Crippen LogP contribution is -2.27. The monoisotopic (exact) mass is 238 g/mol. The first-order valence-electron chi connectivity index (χ1n) is 6.58. The molecule has 2 unspecified atom stereocenters. The predicted molar refractivity (Wildman–Crippen MR) is 65.6 cm³/mol. The van der Waals surface area contributed by atoms with Gasteiger partial charge < -0.3 is 14.4 Å². The summed E-state index contributed by atoms with van der Waals surface area (Å²) >= 11 is 0. The quantitative estimate of drug-likeness (QED) is 0.791. The van der Waals surface area contributed by atoms with Crippen molar-refractivity contribution >= 4 is 0 Å². The van der Waals surface area contributed by atoms with E-state index >= 15 is 0 Å². The Morgan fingerprint density at radius 3 is 2.88 bits per heavy atom. The van der Waals surface area contributed by atoms with Crippen molar-refractivity contribution in [3.63, 3.8) is 0 Å². The van der Waals surface area contributed by atoms with Gasteiger partial charge in [0, 0.05) is 25.5 Å². The second-order valence-electron chi connectivity index (χ2n) is 4.68. The van der Waals surface area contributed by atoms with Gasteiger partial charge in [0.2, 0.25) is 0 Å². The lowest BCUT2D eigenvalue weighted by molar-refractivity contribution is -0.0510. The fourth-order valence-electron chi connectivity index (χ4n) is 2.27. The average Bonchev–Trinajstić information content (AvgIpc) is 3.06. The molecular weight excluding hydrogens is 216 g/mol. The summed E-state index contributed by atoms with van der Waals surface area (Å²) in [5, 5.41) is 10.4. The normalized spacial score (nSPS) is 19.2. The first-order valence-corrected chi connectivity index (χ1v) is 6.58. The van der Waals surface area contributed by atoms with Gasteiger partial charge in [0.15, 0.2) is 0 Å². The number of aromatic nitrogens is 2. The number of nitrogens with zero attached hydrogens (tertiary/aromatic N) is 2. The van der Waals surface area contributed by atoms with Crippen LogP contribution in [0.25, 0.3) is 0 Å². The van der Waals surface area contributed by atoms with Crippen molar-refractivity contribution in [2.45, 2.75) is 51.9 Å². The molecule has 1 saturated carbocycles. The molecule has 0 aromatic carbocycles. The molecule has 2 atom stereocenters. The molecule has 0 spiro atoms. The van der Waals surface area contributed by atoms with Gasteiger partial charge >= 0.3 is 0 Å². The lowest BCUT2D eigenvalue weighted by atomic mass is 10.1. The van der Waals surface area contributed by atoms with Crippen LogP contribution in [0.5, 0.6) is 0 Å². The summed E-state index contributed by atoms with van der Waals surface area (Å²) in [6, 6.07) is 0. The van der Waals surface area contributed by atoms with E-state index in [4.69, 9.17) is 4.74 Å². The van der Waals surface area contributed by atoms with Gasteiger partial charge in [-0.05, 0) is 32.1 Å². The topological polar surface area (TPSA) is 47.3 Å². The average molecular weight is 238 g/mol. The van der Waals surface area contributed by atoms with E-state index in [1.807, 2.05) is 17.7 Å². The van der Waals surface area contributed by atoms with Gasteiger partial charge in [0.25, 0.3) is 0 Å². The van der Waals surface area contributed by atoms with E-state index in [0.717, 1.165) is 31.6 Å². The smallest absolute Gasteiger partial charge is 0.140 e. The van der Waals surface area contributed by atoms with Crippen molar-refractivity contribution in [2.75, 3.05) is 6.61 Å². The molecule has 17 heavy (non-hydrogen) atoms. The Hall–Kier alpha value is -0.870. The minimum Gasteiger partial charge on any atom is -0.382 e. The molecule has 4 heteroatoms. The minimum atomic E-state index is -0.594. The lowest BCUT2D eigenvalue weighted by Gasteiger charge is -2.23. The molecule has 2 rings (SSSR count). The second kappa shape index (κ2) is 5.65. The highest BCUT2D eigenvalue weighted by molar-refractivity contribution is 5.02. The third-order valence-corrected chi connectivity index (χ3v) is 3.23. The maximum Gasteiger partial charge on any atom is 0.140 e. The van der Waals surface area contributed by atoms with Crippen LogP contribution in [0.3, 0.4) is 0 Å². The van der Waals surface area contributed by atoms with Gasteiger partial charge in [0.05, 0.1) is 6.10 Å². The summed E-state index contributed by atoms with van der Waals surface area (Å²) in [6.07, 6.45) is 6.37. The van der Waals surface area contributed by atoms with E-state index in [1.165, 1.54) is 0 Å². The van der Waals surface area contributed by atoms with E-state index in [0.29, 0.717) is 12.5 Å². The Kier molecular flexibility index (Phi) is 4.18. The molecule has 1 aromatic rings. The van der Waals surface area contributed by atoms with Crippen LogP contribution in [-0.2, 0) is 11.3 Å². The Bertz CT molecular complexity index is 347. The molecule has 1 fully saturated rings. The van der Waals surface area contributed by atoms with Gasteiger partial charge in [-0.3, -0.25) is 0 Å². The van der Waals surface area contributed by atoms with Crippen molar-refractivity contribution in [2.24, 2.45) is 5.92 Å². The Labute approximate surface area is 103 Å². The van der Waals surface area contributed by atoms with E-state index in [1.54, 1.807) is 6.20 Å². The van der Waals surface area contributed by atoms with Gasteiger partial charge in [-0.2, -0.15) is 0 Å². The Balaban J connectivity index is 2.10. The van der Waals surface area contributed by atoms with Gasteiger partial charge in [-0.1, -0.05) is 6.92 Å². The van der Waals surface area contributed by atoms with Crippen LogP contribution in [0, 0.1) is 5.92 Å². The van der Waals surface area contributed by atoms with Crippen LogP contribution in [0.15, 0.2) is 12.4 Å². The molecule has 0 radical (unpaired) electrons. The van der Waals surface area contributed by atoms with E-state index < -0.39 is 6.10 Å². The van der Waals surface area contributed by atoms with Crippen LogP contribution >= 0.6 is 0 Å². The van der Waals surface area contributed by atoms with Gasteiger partial charge in [-0.25, -0.2) is 4.98 Å². The highest BCUT2D eigenvalue weighted by atomic mass is 16.5. The van der Waals surface area contributed by atoms with Crippen molar-refractivity contribution in [1.29, 1.82) is 0 Å². The van der Waals surface area contributed by atoms with Crippen LogP contribution in [-0.4, -0.2) is 27.4 Å². The number of rotatable bonds is 7. The maximum absolute atomic E-state index is 10.4. The molecule has 0 saturated heterocycles. The molecule has 0 aliphatic heterocycles. The summed E-state index contributed by atoms with van der Waals surface area (Å²) < 4.78 is 7.71. The molecule has 1 aliphatic rings. The highest BCUT2D eigenvalue weighted by Gasteiger charge is 2.38. The Morgan fingerprint density at radius 1 is 1.53 bits per heavy atom. The predicted octanol–water partition coefficient (Wildman–Crippen LogP) is 2.14. The number of hydrogen-bond acceptors (Lipinski definition) is 3. The largest absolute Gasteiger partial charge is 0.382 e. The van der Waals surface area contributed by atoms with Crippen LogP contribution < -0.4 is 0 Å². The molecule has 1 heterocycles. The van der Waals surface area contributed by atoms with Crippen LogP contribution in [0.2, 0.25) is 0 Å². The first kappa shape index (κ1) is 12.6. The number of ether oxygens (including phenoxy) is 1.